The fourth-order valence-electron chi connectivity index (χ4n) is 9.21. The Hall–Kier alpha value is -0.0400. The third-order valence-electron chi connectivity index (χ3n) is 10.6. The van der Waals surface area contributed by atoms with Crippen LogP contribution in [-0.2, 0) is 0 Å². The summed E-state index contributed by atoms with van der Waals surface area (Å²) < 4.78 is 0. The molecular formula is C26H46O. The lowest BCUT2D eigenvalue weighted by Crippen LogP contribution is -2.53. The first kappa shape index (κ1) is 20.2. The molecule has 4 saturated carbocycles. The van der Waals surface area contributed by atoms with Crippen LogP contribution < -0.4 is 0 Å². The van der Waals surface area contributed by atoms with Crippen LogP contribution in [-0.4, -0.2) is 11.2 Å². The maximum Gasteiger partial charge on any atom is 0.0512 e. The molecule has 156 valence electrons. The average Bonchev–Trinajstić information content (AvgIpc) is 2.98. The minimum Gasteiger partial charge on any atom is -0.393 e. The van der Waals surface area contributed by atoms with Crippen molar-refractivity contribution in [1.82, 2.24) is 0 Å². The van der Waals surface area contributed by atoms with E-state index in [1.807, 2.05) is 6.92 Å². The van der Waals surface area contributed by atoms with Gasteiger partial charge in [-0.3, -0.25) is 0 Å². The zero-order valence-electron chi connectivity index (χ0n) is 18.7. The van der Waals surface area contributed by atoms with Crippen LogP contribution in [0.2, 0.25) is 0 Å². The molecule has 4 fully saturated rings. The highest BCUT2D eigenvalue weighted by Gasteiger charge is 2.59. The first-order valence-electron chi connectivity index (χ1n) is 12.5. The summed E-state index contributed by atoms with van der Waals surface area (Å²) in [6.07, 6.45) is 18.6. The van der Waals surface area contributed by atoms with Crippen molar-refractivity contribution in [3.8, 4) is 0 Å². The first-order chi connectivity index (χ1) is 12.9. The Morgan fingerprint density at radius 1 is 0.815 bits per heavy atom. The molecule has 9 atom stereocenters. The van der Waals surface area contributed by atoms with Gasteiger partial charge in [0.05, 0.1) is 6.10 Å². The second-order valence-electron chi connectivity index (χ2n) is 11.9. The third kappa shape index (κ3) is 3.43. The molecule has 4 aliphatic carbocycles. The van der Waals surface area contributed by atoms with E-state index in [1.165, 1.54) is 64.2 Å². The monoisotopic (exact) mass is 374 g/mol. The fourth-order valence-corrected chi connectivity index (χ4v) is 9.21. The van der Waals surface area contributed by atoms with Crippen LogP contribution >= 0.6 is 0 Å². The number of aliphatic hydroxyl groups excluding tert-OH is 1. The van der Waals surface area contributed by atoms with E-state index in [0.29, 0.717) is 10.8 Å². The highest BCUT2D eigenvalue weighted by molar-refractivity contribution is 5.09. The highest BCUT2D eigenvalue weighted by Crippen LogP contribution is 2.68. The first-order valence-corrected chi connectivity index (χ1v) is 12.5. The number of fused-ring (bicyclic) bond motifs is 5. The summed E-state index contributed by atoms with van der Waals surface area (Å²) in [7, 11) is 0. The van der Waals surface area contributed by atoms with Gasteiger partial charge in [0.1, 0.15) is 0 Å². The Bertz CT molecular complexity index is 512. The van der Waals surface area contributed by atoms with Gasteiger partial charge >= 0.3 is 0 Å². The van der Waals surface area contributed by atoms with Crippen LogP contribution in [0.4, 0.5) is 0 Å². The van der Waals surface area contributed by atoms with Crippen molar-refractivity contribution >= 4 is 0 Å². The Morgan fingerprint density at radius 2 is 1.59 bits per heavy atom. The van der Waals surface area contributed by atoms with E-state index in [9.17, 15) is 5.11 Å². The molecule has 0 heterocycles. The lowest BCUT2D eigenvalue weighted by Gasteiger charge is -2.61. The SMILES string of the molecule is CC(O)CCC[C@@H](C)[C@H]1CC[C@H]2[C@@H]3CCC4CCCC[C@]4(C)[C@H]3CC[C@]12C. The van der Waals surface area contributed by atoms with Crippen molar-refractivity contribution in [2.24, 2.45) is 46.3 Å². The molecule has 0 saturated heterocycles. The summed E-state index contributed by atoms with van der Waals surface area (Å²) in [4.78, 5) is 0. The molecule has 4 rings (SSSR count). The lowest BCUT2D eigenvalue weighted by molar-refractivity contribution is -0.114. The highest BCUT2D eigenvalue weighted by atomic mass is 16.3. The van der Waals surface area contributed by atoms with Crippen LogP contribution in [0.3, 0.4) is 0 Å². The fraction of sp³-hybridized carbons (Fsp3) is 1.00. The maximum atomic E-state index is 9.62. The van der Waals surface area contributed by atoms with Crippen molar-refractivity contribution < 1.29 is 5.11 Å². The van der Waals surface area contributed by atoms with Crippen molar-refractivity contribution in [3.05, 3.63) is 0 Å². The molecule has 2 unspecified atom stereocenters. The Kier molecular flexibility index (Phi) is 5.74. The van der Waals surface area contributed by atoms with Gasteiger partial charge in [-0.1, -0.05) is 46.5 Å². The molecule has 0 radical (unpaired) electrons. The zero-order chi connectivity index (χ0) is 19.2. The van der Waals surface area contributed by atoms with Crippen LogP contribution in [0.25, 0.3) is 0 Å². The number of rotatable bonds is 5. The maximum absolute atomic E-state index is 9.62. The van der Waals surface area contributed by atoms with Gasteiger partial charge in [-0.15, -0.1) is 0 Å². The summed E-state index contributed by atoms with van der Waals surface area (Å²) in [5.74, 6) is 5.93. The quantitative estimate of drug-likeness (QED) is 0.538. The second-order valence-corrected chi connectivity index (χ2v) is 11.9. The molecule has 4 aliphatic rings. The number of aliphatic hydroxyl groups is 1. The predicted octanol–water partition coefficient (Wildman–Crippen LogP) is 7.22. The van der Waals surface area contributed by atoms with Crippen LogP contribution in [0.15, 0.2) is 0 Å². The molecule has 27 heavy (non-hydrogen) atoms. The summed E-state index contributed by atoms with van der Waals surface area (Å²) in [6, 6.07) is 0. The van der Waals surface area contributed by atoms with E-state index in [2.05, 4.69) is 20.8 Å². The van der Waals surface area contributed by atoms with Gasteiger partial charge in [-0.2, -0.15) is 0 Å². The Morgan fingerprint density at radius 3 is 2.37 bits per heavy atom. The van der Waals surface area contributed by atoms with Gasteiger partial charge in [0, 0.05) is 0 Å². The minimum absolute atomic E-state index is 0.119. The molecule has 0 aromatic heterocycles. The normalized spacial score (nSPS) is 49.0. The van der Waals surface area contributed by atoms with E-state index in [-0.39, 0.29) is 6.10 Å². The van der Waals surface area contributed by atoms with E-state index in [4.69, 9.17) is 0 Å². The van der Waals surface area contributed by atoms with Crippen molar-refractivity contribution in [2.45, 2.75) is 117 Å². The molecule has 0 spiro atoms. The zero-order valence-corrected chi connectivity index (χ0v) is 18.7. The molecule has 0 aromatic carbocycles. The van der Waals surface area contributed by atoms with Crippen molar-refractivity contribution in [2.75, 3.05) is 0 Å². The molecular weight excluding hydrogens is 328 g/mol. The average molecular weight is 375 g/mol. The van der Waals surface area contributed by atoms with Crippen molar-refractivity contribution in [1.29, 1.82) is 0 Å². The second kappa shape index (κ2) is 7.66. The smallest absolute Gasteiger partial charge is 0.0512 e. The van der Waals surface area contributed by atoms with Gasteiger partial charge in [-0.25, -0.2) is 0 Å². The third-order valence-corrected chi connectivity index (χ3v) is 10.6. The van der Waals surface area contributed by atoms with Gasteiger partial charge < -0.3 is 5.11 Å². The van der Waals surface area contributed by atoms with E-state index in [1.54, 1.807) is 12.8 Å². The number of hydrogen-bond donors (Lipinski definition) is 1. The van der Waals surface area contributed by atoms with Gasteiger partial charge in [0.25, 0.3) is 0 Å². The van der Waals surface area contributed by atoms with Crippen LogP contribution in [0.5, 0.6) is 0 Å². The topological polar surface area (TPSA) is 20.2 Å². The van der Waals surface area contributed by atoms with Crippen molar-refractivity contribution in [3.63, 3.8) is 0 Å². The molecule has 1 heteroatoms. The summed E-state index contributed by atoms with van der Waals surface area (Å²) in [6.45, 7) is 9.89. The predicted molar refractivity (Wildman–Crippen MR) is 115 cm³/mol. The van der Waals surface area contributed by atoms with E-state index >= 15 is 0 Å². The van der Waals surface area contributed by atoms with Gasteiger partial charge in [0.2, 0.25) is 0 Å². The number of hydrogen-bond acceptors (Lipinski definition) is 1. The van der Waals surface area contributed by atoms with E-state index < -0.39 is 0 Å². The lowest BCUT2D eigenvalue weighted by atomic mass is 9.44. The van der Waals surface area contributed by atoms with Crippen LogP contribution in [0, 0.1) is 46.3 Å². The summed E-state index contributed by atoms with van der Waals surface area (Å²) in [5, 5.41) is 9.62. The molecule has 0 amide bonds. The molecule has 0 aliphatic heterocycles. The van der Waals surface area contributed by atoms with E-state index in [0.717, 1.165) is 41.9 Å². The summed E-state index contributed by atoms with van der Waals surface area (Å²) in [5.41, 5.74) is 1.30. The molecule has 0 bridgehead atoms. The molecule has 0 aromatic rings. The Balaban J connectivity index is 1.46. The molecule has 1 N–H and O–H groups in total. The largest absolute Gasteiger partial charge is 0.393 e. The van der Waals surface area contributed by atoms with Gasteiger partial charge in [-0.05, 0) is 111 Å². The standard InChI is InChI=1S/C26H46O/c1-18(8-7-9-19(2)27)22-13-14-23-21-12-11-20-10-5-6-16-25(20,3)24(21)15-17-26(22,23)4/h18-24,27H,5-17H2,1-4H3/t18-,19?,20?,21+,22-,23+,24+,25+,26-/m1/s1. The minimum atomic E-state index is -0.119. The summed E-state index contributed by atoms with van der Waals surface area (Å²) >= 11 is 0. The molecule has 1 nitrogen and oxygen atoms in total. The van der Waals surface area contributed by atoms with Gasteiger partial charge in [0.15, 0.2) is 0 Å². The Labute approximate surface area is 169 Å². The van der Waals surface area contributed by atoms with Crippen LogP contribution in [0.1, 0.15) is 111 Å².